The van der Waals surface area contributed by atoms with Crippen LogP contribution < -0.4 is 11.1 Å². The molecule has 5 heteroatoms. The number of thiocarbonyl (C=S) groups is 1. The van der Waals surface area contributed by atoms with E-state index in [2.05, 4.69) is 5.32 Å². The standard InChI is InChI=1S/C11H16N2OS2/c1-8-6-16-7-9(8)11(14)13-5-3-2-4-10(12)15/h6-7H,2-5H2,1H3,(H2,12,15)(H,13,14). The predicted octanol–water partition coefficient (Wildman–Crippen LogP) is 2.24. The van der Waals surface area contributed by atoms with Crippen molar-refractivity contribution in [1.29, 1.82) is 0 Å². The first-order valence-electron chi connectivity index (χ1n) is 5.20. The molecule has 1 rings (SSSR count). The molecular weight excluding hydrogens is 240 g/mol. The molecule has 0 unspecified atom stereocenters. The minimum absolute atomic E-state index is 0.00840. The second-order valence-corrected chi connectivity index (χ2v) is 4.92. The molecule has 0 saturated carbocycles. The van der Waals surface area contributed by atoms with Gasteiger partial charge in [0, 0.05) is 11.9 Å². The molecule has 16 heavy (non-hydrogen) atoms. The second kappa shape index (κ2) is 6.60. The number of thiophene rings is 1. The van der Waals surface area contributed by atoms with Gasteiger partial charge in [0.05, 0.1) is 10.6 Å². The molecule has 0 spiro atoms. The van der Waals surface area contributed by atoms with Gasteiger partial charge in [-0.05, 0) is 37.1 Å². The van der Waals surface area contributed by atoms with Crippen molar-refractivity contribution >= 4 is 34.5 Å². The Morgan fingerprint density at radius 2 is 2.25 bits per heavy atom. The number of aryl methyl sites for hydroxylation is 1. The Hall–Kier alpha value is -0.940. The maximum absolute atomic E-state index is 11.7. The number of unbranched alkanes of at least 4 members (excludes halogenated alkanes) is 1. The molecule has 0 fully saturated rings. The van der Waals surface area contributed by atoms with E-state index in [-0.39, 0.29) is 5.91 Å². The van der Waals surface area contributed by atoms with Gasteiger partial charge in [0.15, 0.2) is 0 Å². The highest BCUT2D eigenvalue weighted by Crippen LogP contribution is 2.13. The summed E-state index contributed by atoms with van der Waals surface area (Å²) >= 11 is 6.32. The molecule has 0 atom stereocenters. The second-order valence-electron chi connectivity index (χ2n) is 3.65. The van der Waals surface area contributed by atoms with Crippen molar-refractivity contribution in [2.24, 2.45) is 5.73 Å². The Labute approximate surface area is 105 Å². The average molecular weight is 256 g/mol. The summed E-state index contributed by atoms with van der Waals surface area (Å²) in [4.78, 5) is 12.2. The summed E-state index contributed by atoms with van der Waals surface area (Å²) in [5, 5.41) is 6.73. The van der Waals surface area contributed by atoms with Crippen LogP contribution in [-0.4, -0.2) is 17.4 Å². The van der Waals surface area contributed by atoms with Crippen molar-refractivity contribution in [2.75, 3.05) is 6.54 Å². The Kier molecular flexibility index (Phi) is 5.42. The highest BCUT2D eigenvalue weighted by Gasteiger charge is 2.08. The molecule has 1 heterocycles. The largest absolute Gasteiger partial charge is 0.393 e. The fourth-order valence-electron chi connectivity index (χ4n) is 1.31. The van der Waals surface area contributed by atoms with Gasteiger partial charge in [0.2, 0.25) is 0 Å². The fourth-order valence-corrected chi connectivity index (χ4v) is 2.29. The molecule has 0 radical (unpaired) electrons. The van der Waals surface area contributed by atoms with Gasteiger partial charge in [-0.2, -0.15) is 11.3 Å². The van der Waals surface area contributed by atoms with E-state index >= 15 is 0 Å². The van der Waals surface area contributed by atoms with Crippen LogP contribution in [0.25, 0.3) is 0 Å². The van der Waals surface area contributed by atoms with E-state index < -0.39 is 0 Å². The SMILES string of the molecule is Cc1cscc1C(=O)NCCCCC(N)=S. The molecule has 0 aliphatic rings. The fraction of sp³-hybridized carbons (Fsp3) is 0.455. The third-order valence-electron chi connectivity index (χ3n) is 2.24. The van der Waals surface area contributed by atoms with Crippen molar-refractivity contribution in [3.05, 3.63) is 21.9 Å². The van der Waals surface area contributed by atoms with Crippen molar-refractivity contribution in [3.8, 4) is 0 Å². The monoisotopic (exact) mass is 256 g/mol. The molecule has 0 bridgehead atoms. The van der Waals surface area contributed by atoms with Gasteiger partial charge < -0.3 is 11.1 Å². The van der Waals surface area contributed by atoms with Crippen LogP contribution in [0.5, 0.6) is 0 Å². The molecule has 0 saturated heterocycles. The minimum atomic E-state index is 0.00840. The number of nitrogens with two attached hydrogens (primary N) is 1. The van der Waals surface area contributed by atoms with Gasteiger partial charge in [0.25, 0.3) is 5.91 Å². The van der Waals surface area contributed by atoms with Crippen LogP contribution in [0.3, 0.4) is 0 Å². The molecule has 88 valence electrons. The summed E-state index contributed by atoms with van der Waals surface area (Å²) in [6.45, 7) is 2.62. The third-order valence-corrected chi connectivity index (χ3v) is 3.30. The van der Waals surface area contributed by atoms with Gasteiger partial charge in [-0.15, -0.1) is 0 Å². The minimum Gasteiger partial charge on any atom is -0.393 e. The topological polar surface area (TPSA) is 55.1 Å². The number of amides is 1. The molecule has 3 N–H and O–H groups in total. The van der Waals surface area contributed by atoms with E-state index in [9.17, 15) is 4.79 Å². The lowest BCUT2D eigenvalue weighted by atomic mass is 10.2. The van der Waals surface area contributed by atoms with Crippen molar-refractivity contribution < 1.29 is 4.79 Å². The number of rotatable bonds is 6. The van der Waals surface area contributed by atoms with E-state index in [0.29, 0.717) is 11.5 Å². The Bertz CT molecular complexity index is 374. The highest BCUT2D eigenvalue weighted by molar-refractivity contribution is 7.80. The maximum Gasteiger partial charge on any atom is 0.252 e. The van der Waals surface area contributed by atoms with E-state index in [1.165, 1.54) is 0 Å². The summed E-state index contributed by atoms with van der Waals surface area (Å²) in [7, 11) is 0. The van der Waals surface area contributed by atoms with E-state index in [1.54, 1.807) is 11.3 Å². The van der Waals surface area contributed by atoms with Gasteiger partial charge in [-0.25, -0.2) is 0 Å². The average Bonchev–Trinajstić information content (AvgIpc) is 2.63. The van der Waals surface area contributed by atoms with Crippen molar-refractivity contribution in [1.82, 2.24) is 5.32 Å². The number of hydrogen-bond donors (Lipinski definition) is 2. The van der Waals surface area contributed by atoms with Crippen LogP contribution in [0.2, 0.25) is 0 Å². The normalized spacial score (nSPS) is 10.1. The van der Waals surface area contributed by atoms with Crippen LogP contribution in [0.1, 0.15) is 35.2 Å². The van der Waals surface area contributed by atoms with E-state index in [0.717, 1.165) is 30.4 Å². The first-order valence-corrected chi connectivity index (χ1v) is 6.55. The molecule has 3 nitrogen and oxygen atoms in total. The summed E-state index contributed by atoms with van der Waals surface area (Å²) in [5.74, 6) is 0.00840. The lowest BCUT2D eigenvalue weighted by Gasteiger charge is -2.04. The van der Waals surface area contributed by atoms with Crippen LogP contribution in [0.15, 0.2) is 10.8 Å². The Morgan fingerprint density at radius 1 is 1.50 bits per heavy atom. The van der Waals surface area contributed by atoms with E-state index in [1.807, 2.05) is 17.7 Å². The van der Waals surface area contributed by atoms with Gasteiger partial charge >= 0.3 is 0 Å². The number of carbonyl (C=O) groups excluding carboxylic acids is 1. The summed E-state index contributed by atoms with van der Waals surface area (Å²) in [6, 6.07) is 0. The van der Waals surface area contributed by atoms with E-state index in [4.69, 9.17) is 18.0 Å². The van der Waals surface area contributed by atoms with Crippen LogP contribution in [-0.2, 0) is 0 Å². The van der Waals surface area contributed by atoms with Crippen molar-refractivity contribution in [2.45, 2.75) is 26.2 Å². The molecular formula is C11H16N2OS2. The summed E-state index contributed by atoms with van der Waals surface area (Å²) in [5.41, 5.74) is 7.19. The molecule has 0 aliphatic heterocycles. The van der Waals surface area contributed by atoms with Gasteiger partial charge in [-0.3, -0.25) is 4.79 Å². The molecule has 1 aromatic heterocycles. The first-order chi connectivity index (χ1) is 7.61. The predicted molar refractivity (Wildman–Crippen MR) is 72.0 cm³/mol. The van der Waals surface area contributed by atoms with Gasteiger partial charge in [0.1, 0.15) is 0 Å². The van der Waals surface area contributed by atoms with Crippen molar-refractivity contribution in [3.63, 3.8) is 0 Å². The Balaban J connectivity index is 2.21. The molecule has 1 amide bonds. The number of nitrogens with one attached hydrogen (secondary N) is 1. The molecule has 0 aliphatic carbocycles. The summed E-state index contributed by atoms with van der Waals surface area (Å²) in [6.07, 6.45) is 2.59. The smallest absolute Gasteiger partial charge is 0.252 e. The first kappa shape index (κ1) is 13.1. The zero-order valence-electron chi connectivity index (χ0n) is 9.29. The number of hydrogen-bond acceptors (Lipinski definition) is 3. The van der Waals surface area contributed by atoms with Crippen LogP contribution in [0.4, 0.5) is 0 Å². The number of carbonyl (C=O) groups is 1. The third kappa shape index (κ3) is 4.28. The molecule has 0 aromatic carbocycles. The summed E-state index contributed by atoms with van der Waals surface area (Å²) < 4.78 is 0. The van der Waals surface area contributed by atoms with Crippen LogP contribution >= 0.6 is 23.6 Å². The quantitative estimate of drug-likeness (QED) is 0.606. The Morgan fingerprint density at radius 3 is 2.81 bits per heavy atom. The maximum atomic E-state index is 11.7. The van der Waals surface area contributed by atoms with Crippen LogP contribution in [0, 0.1) is 6.92 Å². The highest BCUT2D eigenvalue weighted by atomic mass is 32.1. The zero-order valence-corrected chi connectivity index (χ0v) is 10.9. The molecule has 1 aromatic rings. The lowest BCUT2D eigenvalue weighted by molar-refractivity contribution is 0.0953. The zero-order chi connectivity index (χ0) is 12.0. The lowest BCUT2D eigenvalue weighted by Crippen LogP contribution is -2.24. The van der Waals surface area contributed by atoms with Gasteiger partial charge in [-0.1, -0.05) is 12.2 Å².